The van der Waals surface area contributed by atoms with Crippen molar-refractivity contribution in [3.05, 3.63) is 29.3 Å². The predicted octanol–water partition coefficient (Wildman–Crippen LogP) is 4.37. The summed E-state index contributed by atoms with van der Waals surface area (Å²) in [4.78, 5) is 26.1. The minimum absolute atomic E-state index is 0.256. The Balaban J connectivity index is 1.88. The first-order chi connectivity index (χ1) is 11.6. The Bertz CT molecular complexity index is 625. The summed E-state index contributed by atoms with van der Waals surface area (Å²) < 4.78 is 0. The van der Waals surface area contributed by atoms with Crippen LogP contribution in [-0.4, -0.2) is 34.8 Å². The molecular formula is C19H24BrNO3. The molecule has 1 fully saturated rings. The third-order valence-corrected chi connectivity index (χ3v) is 5.81. The Kier molecular flexibility index (Phi) is 5.59. The second-order valence-electron chi connectivity index (χ2n) is 6.81. The highest BCUT2D eigenvalue weighted by Crippen LogP contribution is 2.38. The molecule has 0 spiro atoms. The van der Waals surface area contributed by atoms with Crippen molar-refractivity contribution in [2.45, 2.75) is 56.9 Å². The average Bonchev–Trinajstić information content (AvgIpc) is 2.88. The van der Waals surface area contributed by atoms with E-state index in [0.29, 0.717) is 18.0 Å². The molecule has 3 rings (SSSR count). The van der Waals surface area contributed by atoms with E-state index in [4.69, 9.17) is 0 Å². The number of anilines is 1. The lowest BCUT2D eigenvalue weighted by Gasteiger charge is -2.24. The van der Waals surface area contributed by atoms with E-state index in [2.05, 4.69) is 22.0 Å². The molecule has 1 aromatic rings. The fourth-order valence-corrected chi connectivity index (χ4v) is 4.39. The molecule has 1 aromatic carbocycles. The maximum atomic E-state index is 12.7. The molecule has 130 valence electrons. The van der Waals surface area contributed by atoms with Gasteiger partial charge in [0.25, 0.3) is 0 Å². The highest BCUT2D eigenvalue weighted by Gasteiger charge is 2.42. The third-order valence-electron chi connectivity index (χ3n) is 5.25. The van der Waals surface area contributed by atoms with Gasteiger partial charge in [-0.1, -0.05) is 41.3 Å². The van der Waals surface area contributed by atoms with E-state index in [1.54, 1.807) is 4.90 Å². The van der Waals surface area contributed by atoms with Gasteiger partial charge in [0, 0.05) is 23.1 Å². The van der Waals surface area contributed by atoms with Crippen LogP contribution in [0.2, 0.25) is 0 Å². The predicted molar refractivity (Wildman–Crippen MR) is 98.4 cm³/mol. The molecule has 0 bridgehead atoms. The summed E-state index contributed by atoms with van der Waals surface area (Å²) in [5, 5.41) is 10.4. The van der Waals surface area contributed by atoms with Crippen LogP contribution >= 0.6 is 15.9 Å². The van der Waals surface area contributed by atoms with Gasteiger partial charge in [-0.3, -0.25) is 4.79 Å². The smallest absolute Gasteiger partial charge is 0.334 e. The van der Waals surface area contributed by atoms with Gasteiger partial charge in [-0.05, 0) is 49.3 Å². The fraction of sp³-hybridized carbons (Fsp3) is 0.579. The molecule has 1 saturated carbocycles. The van der Waals surface area contributed by atoms with Gasteiger partial charge in [0.1, 0.15) is 0 Å². The molecular weight excluding hydrogens is 370 g/mol. The number of rotatable bonds is 6. The normalized spacial score (nSPS) is 21.1. The van der Waals surface area contributed by atoms with Crippen molar-refractivity contribution in [2.24, 2.45) is 0 Å². The van der Waals surface area contributed by atoms with Crippen LogP contribution in [0.5, 0.6) is 0 Å². The zero-order valence-electron chi connectivity index (χ0n) is 13.8. The number of carbonyl (C=O) groups is 2. The lowest BCUT2D eigenvalue weighted by atomic mass is 9.83. The number of carboxylic acids is 1. The first-order valence-electron chi connectivity index (χ1n) is 8.87. The van der Waals surface area contributed by atoms with E-state index >= 15 is 0 Å². The number of hydrogen-bond acceptors (Lipinski definition) is 3. The van der Waals surface area contributed by atoms with Gasteiger partial charge in [0.2, 0.25) is 0 Å². The Hall–Kier alpha value is -1.36. The van der Waals surface area contributed by atoms with Crippen LogP contribution in [0.3, 0.4) is 0 Å². The van der Waals surface area contributed by atoms with Gasteiger partial charge >= 0.3 is 5.97 Å². The number of alkyl halides is 1. The summed E-state index contributed by atoms with van der Waals surface area (Å²) in [6.07, 6.45) is 7.95. The van der Waals surface area contributed by atoms with Gasteiger partial charge in [-0.15, -0.1) is 0 Å². The van der Waals surface area contributed by atoms with Gasteiger partial charge in [-0.25, -0.2) is 4.79 Å². The number of unbranched alkanes of at least 4 members (excludes halogenated alkanes) is 1. The molecule has 24 heavy (non-hydrogen) atoms. The van der Waals surface area contributed by atoms with Crippen LogP contribution in [0.4, 0.5) is 5.69 Å². The number of fused-ring (bicyclic) bond motifs is 1. The molecule has 5 heteroatoms. The summed E-state index contributed by atoms with van der Waals surface area (Å²) >= 11 is 3.40. The maximum absolute atomic E-state index is 12.7. The number of ketones is 1. The highest BCUT2D eigenvalue weighted by molar-refractivity contribution is 9.09. The number of nitrogens with zero attached hydrogens (tertiary/aromatic N) is 1. The molecule has 0 aromatic heterocycles. The van der Waals surface area contributed by atoms with Crippen LogP contribution in [0.1, 0.15) is 66.8 Å². The summed E-state index contributed by atoms with van der Waals surface area (Å²) in [5.41, 5.74) is 2.60. The Morgan fingerprint density at radius 2 is 1.96 bits per heavy atom. The second kappa shape index (κ2) is 7.68. The number of benzene rings is 1. The first-order valence-corrected chi connectivity index (χ1v) is 9.99. The maximum Gasteiger partial charge on any atom is 0.334 e. The van der Waals surface area contributed by atoms with Crippen molar-refractivity contribution in [2.75, 3.05) is 16.8 Å². The molecule has 1 atom stereocenters. The molecule has 0 amide bonds. The lowest BCUT2D eigenvalue weighted by Crippen LogP contribution is -2.42. The number of Topliss-reactive ketones (excluding diaryl/α,β-unsaturated/α-hetero) is 1. The highest BCUT2D eigenvalue weighted by atomic mass is 79.9. The van der Waals surface area contributed by atoms with Crippen molar-refractivity contribution in [3.63, 3.8) is 0 Å². The standard InChI is InChI=1S/C19H24BrNO3/c20-10-4-5-11-21-16-9-8-14(13-6-2-1-3-7-13)12-15(16)18(22)17(21)19(23)24/h8-9,12-13,17H,1-7,10-11H2,(H,23,24). The fourth-order valence-electron chi connectivity index (χ4n) is 3.99. The summed E-state index contributed by atoms with van der Waals surface area (Å²) in [7, 11) is 0. The van der Waals surface area contributed by atoms with Crippen molar-refractivity contribution in [1.29, 1.82) is 0 Å². The van der Waals surface area contributed by atoms with Crippen molar-refractivity contribution in [3.8, 4) is 0 Å². The zero-order valence-corrected chi connectivity index (χ0v) is 15.4. The van der Waals surface area contributed by atoms with Crippen LogP contribution in [0, 0.1) is 0 Å². The Morgan fingerprint density at radius 3 is 2.62 bits per heavy atom. The summed E-state index contributed by atoms with van der Waals surface area (Å²) in [6.45, 7) is 0.601. The number of aliphatic carboxylic acids is 1. The minimum atomic E-state index is -1.06. The Labute approximate surface area is 151 Å². The van der Waals surface area contributed by atoms with E-state index in [0.717, 1.165) is 23.9 Å². The molecule has 0 saturated heterocycles. The SMILES string of the molecule is O=C(O)C1C(=O)c2cc(C3CCCCC3)ccc2N1CCCCBr. The number of hydrogen-bond donors (Lipinski definition) is 1. The van der Waals surface area contributed by atoms with Crippen molar-refractivity contribution < 1.29 is 14.7 Å². The number of carbonyl (C=O) groups excluding carboxylic acids is 1. The van der Waals surface area contributed by atoms with Crippen LogP contribution in [0.15, 0.2) is 18.2 Å². The van der Waals surface area contributed by atoms with E-state index in [9.17, 15) is 14.7 Å². The van der Waals surface area contributed by atoms with E-state index in [-0.39, 0.29) is 5.78 Å². The van der Waals surface area contributed by atoms with E-state index < -0.39 is 12.0 Å². The van der Waals surface area contributed by atoms with Gasteiger partial charge in [0.15, 0.2) is 11.8 Å². The third kappa shape index (κ3) is 3.37. The van der Waals surface area contributed by atoms with E-state index in [1.165, 1.54) is 37.7 Å². The monoisotopic (exact) mass is 393 g/mol. The molecule has 1 aliphatic heterocycles. The molecule has 4 nitrogen and oxygen atoms in total. The van der Waals surface area contributed by atoms with E-state index in [1.807, 2.05) is 12.1 Å². The van der Waals surface area contributed by atoms with Crippen molar-refractivity contribution >= 4 is 33.4 Å². The summed E-state index contributed by atoms with van der Waals surface area (Å²) in [6, 6.07) is 4.98. The van der Waals surface area contributed by atoms with Gasteiger partial charge in [0.05, 0.1) is 0 Å². The molecule has 2 aliphatic rings. The molecule has 1 unspecified atom stereocenters. The van der Waals surface area contributed by atoms with Gasteiger partial charge in [-0.2, -0.15) is 0 Å². The number of carboxylic acid groups (broad SMARTS) is 1. The van der Waals surface area contributed by atoms with Crippen LogP contribution in [-0.2, 0) is 4.79 Å². The molecule has 0 radical (unpaired) electrons. The average molecular weight is 394 g/mol. The minimum Gasteiger partial charge on any atom is -0.479 e. The molecule has 1 N–H and O–H groups in total. The Morgan fingerprint density at radius 1 is 1.21 bits per heavy atom. The largest absolute Gasteiger partial charge is 0.479 e. The van der Waals surface area contributed by atoms with Crippen LogP contribution < -0.4 is 4.90 Å². The molecule has 1 aliphatic carbocycles. The van der Waals surface area contributed by atoms with Gasteiger partial charge < -0.3 is 10.0 Å². The molecule has 1 heterocycles. The quantitative estimate of drug-likeness (QED) is 0.442. The lowest BCUT2D eigenvalue weighted by molar-refractivity contribution is -0.137. The first kappa shape index (κ1) is 17.5. The second-order valence-corrected chi connectivity index (χ2v) is 7.60. The topological polar surface area (TPSA) is 57.6 Å². The van der Waals surface area contributed by atoms with Crippen LogP contribution in [0.25, 0.3) is 0 Å². The number of halogens is 1. The van der Waals surface area contributed by atoms with Crippen molar-refractivity contribution in [1.82, 2.24) is 0 Å². The summed E-state index contributed by atoms with van der Waals surface area (Å²) in [5.74, 6) is -0.786. The zero-order chi connectivity index (χ0) is 17.1.